The normalized spacial score (nSPS) is 10.1. The minimum atomic E-state index is -0.968. The van der Waals surface area contributed by atoms with E-state index in [1.165, 1.54) is 0 Å². The van der Waals surface area contributed by atoms with Crippen LogP contribution in [0.1, 0.15) is 5.56 Å². The standard InChI is InChI=1S/C9H11NO2.2C2H5NO2/c10-8(9(11)12)6-7-4-2-1-3-5-7;2*3-1-2(4)5/h1-5,8H,6,10H2,(H,11,12);2*1,3H2,(H,4,5). The molecule has 0 bridgehead atoms. The van der Waals surface area contributed by atoms with E-state index in [2.05, 4.69) is 11.5 Å². The summed E-state index contributed by atoms with van der Waals surface area (Å²) < 4.78 is 0. The fourth-order valence-corrected chi connectivity index (χ4v) is 0.955. The van der Waals surface area contributed by atoms with Crippen LogP contribution in [0.15, 0.2) is 30.3 Å². The fraction of sp³-hybridized carbons (Fsp3) is 0.308. The van der Waals surface area contributed by atoms with Gasteiger partial charge in [0.15, 0.2) is 0 Å². The van der Waals surface area contributed by atoms with Crippen LogP contribution in [0.4, 0.5) is 0 Å². The molecule has 9 N–H and O–H groups in total. The third kappa shape index (κ3) is 15.6. The molecule has 0 radical (unpaired) electrons. The van der Waals surface area contributed by atoms with Gasteiger partial charge in [-0.25, -0.2) is 0 Å². The van der Waals surface area contributed by atoms with Crippen LogP contribution in [0.2, 0.25) is 0 Å². The first-order valence-corrected chi connectivity index (χ1v) is 6.10. The molecule has 0 saturated carbocycles. The number of nitrogens with two attached hydrogens (primary N) is 3. The maximum Gasteiger partial charge on any atom is 0.320 e. The lowest BCUT2D eigenvalue weighted by Gasteiger charge is -2.04. The van der Waals surface area contributed by atoms with E-state index >= 15 is 0 Å². The van der Waals surface area contributed by atoms with E-state index in [0.717, 1.165) is 5.56 Å². The first kappa shape index (κ1) is 21.8. The van der Waals surface area contributed by atoms with Crippen molar-refractivity contribution in [1.29, 1.82) is 0 Å². The van der Waals surface area contributed by atoms with E-state index in [4.69, 9.17) is 21.1 Å². The first-order chi connectivity index (χ1) is 10.2. The molecule has 0 fully saturated rings. The van der Waals surface area contributed by atoms with Gasteiger partial charge in [-0.3, -0.25) is 14.4 Å². The van der Waals surface area contributed by atoms with Crippen molar-refractivity contribution in [1.82, 2.24) is 0 Å². The number of carbonyl (C=O) groups is 3. The van der Waals surface area contributed by atoms with Crippen LogP contribution in [-0.4, -0.2) is 52.4 Å². The minimum absolute atomic E-state index is 0.278. The molecule has 1 aromatic carbocycles. The Kier molecular flexibility index (Phi) is 13.4. The smallest absolute Gasteiger partial charge is 0.320 e. The van der Waals surface area contributed by atoms with E-state index in [1.807, 2.05) is 30.3 Å². The van der Waals surface area contributed by atoms with Gasteiger partial charge >= 0.3 is 17.9 Å². The molecule has 0 aliphatic rings. The number of rotatable bonds is 5. The molecule has 0 amide bonds. The maximum atomic E-state index is 10.4. The van der Waals surface area contributed by atoms with Gasteiger partial charge in [0.1, 0.15) is 6.04 Å². The van der Waals surface area contributed by atoms with E-state index in [1.54, 1.807) is 0 Å². The molecule has 0 aliphatic carbocycles. The zero-order valence-electron chi connectivity index (χ0n) is 11.9. The van der Waals surface area contributed by atoms with Crippen molar-refractivity contribution in [2.75, 3.05) is 13.1 Å². The van der Waals surface area contributed by atoms with Crippen LogP contribution in [0.25, 0.3) is 0 Å². The predicted octanol–water partition coefficient (Wildman–Crippen LogP) is -1.30. The van der Waals surface area contributed by atoms with Gasteiger partial charge in [-0.15, -0.1) is 0 Å². The van der Waals surface area contributed by atoms with Crippen molar-refractivity contribution in [3.8, 4) is 0 Å². The van der Waals surface area contributed by atoms with Crippen molar-refractivity contribution < 1.29 is 29.7 Å². The van der Waals surface area contributed by atoms with Crippen LogP contribution in [0, 0.1) is 0 Å². The molecule has 0 heterocycles. The SMILES string of the molecule is NC(Cc1ccccc1)C(=O)O.NCC(=O)O.NCC(=O)O. The Morgan fingerprint density at radius 2 is 1.27 bits per heavy atom. The molecule has 0 spiro atoms. The Balaban J connectivity index is 0. The molecular formula is C13H21N3O6. The van der Waals surface area contributed by atoms with Gasteiger partial charge in [-0.05, 0) is 12.0 Å². The molecule has 1 aromatic rings. The Bertz CT molecular complexity index is 438. The van der Waals surface area contributed by atoms with Crippen molar-refractivity contribution in [3.63, 3.8) is 0 Å². The Morgan fingerprint density at radius 3 is 1.55 bits per heavy atom. The van der Waals surface area contributed by atoms with Crippen LogP contribution in [-0.2, 0) is 20.8 Å². The molecule has 0 aliphatic heterocycles. The second-order valence-corrected chi connectivity index (χ2v) is 3.83. The molecule has 1 rings (SSSR count). The van der Waals surface area contributed by atoms with E-state index in [-0.39, 0.29) is 13.1 Å². The summed E-state index contributed by atoms with van der Waals surface area (Å²) in [7, 11) is 0. The summed E-state index contributed by atoms with van der Waals surface area (Å²) in [4.78, 5) is 28.9. The monoisotopic (exact) mass is 315 g/mol. The van der Waals surface area contributed by atoms with Crippen molar-refractivity contribution in [3.05, 3.63) is 35.9 Å². The van der Waals surface area contributed by atoms with Crippen LogP contribution < -0.4 is 17.2 Å². The summed E-state index contributed by atoms with van der Waals surface area (Å²) in [6.07, 6.45) is 0.385. The average Bonchev–Trinajstić information content (AvgIpc) is 2.49. The van der Waals surface area contributed by atoms with Crippen LogP contribution in [0.5, 0.6) is 0 Å². The Labute approximate surface area is 127 Å². The number of benzene rings is 1. The lowest BCUT2D eigenvalue weighted by molar-refractivity contribution is -0.138. The number of carboxylic acid groups (broad SMARTS) is 3. The van der Waals surface area contributed by atoms with Crippen LogP contribution >= 0.6 is 0 Å². The summed E-state index contributed by atoms with van der Waals surface area (Å²) in [5.41, 5.74) is 15.4. The number of hydrogen-bond acceptors (Lipinski definition) is 6. The molecule has 1 unspecified atom stereocenters. The lowest BCUT2D eigenvalue weighted by atomic mass is 10.1. The summed E-state index contributed by atoms with van der Waals surface area (Å²) in [6.45, 7) is -0.556. The van der Waals surface area contributed by atoms with Gasteiger partial charge in [-0.1, -0.05) is 30.3 Å². The second-order valence-electron chi connectivity index (χ2n) is 3.83. The number of carboxylic acids is 3. The highest BCUT2D eigenvalue weighted by Crippen LogP contribution is 2.01. The van der Waals surface area contributed by atoms with E-state index in [9.17, 15) is 14.4 Å². The number of hydrogen-bond donors (Lipinski definition) is 6. The quantitative estimate of drug-likeness (QED) is 0.383. The van der Waals surface area contributed by atoms with Gasteiger partial charge < -0.3 is 32.5 Å². The number of aliphatic carboxylic acids is 3. The molecule has 0 aromatic heterocycles. The first-order valence-electron chi connectivity index (χ1n) is 6.10. The van der Waals surface area contributed by atoms with Gasteiger partial charge in [0.25, 0.3) is 0 Å². The molecule has 124 valence electrons. The van der Waals surface area contributed by atoms with Gasteiger partial charge in [0.05, 0.1) is 13.1 Å². The Morgan fingerprint density at radius 1 is 0.909 bits per heavy atom. The Hall–Kier alpha value is -2.49. The fourth-order valence-electron chi connectivity index (χ4n) is 0.955. The third-order valence-electron chi connectivity index (χ3n) is 1.96. The molecule has 0 saturated heterocycles. The predicted molar refractivity (Wildman–Crippen MR) is 79.1 cm³/mol. The van der Waals surface area contributed by atoms with Crippen molar-refractivity contribution in [2.24, 2.45) is 17.2 Å². The molecule has 9 nitrogen and oxygen atoms in total. The zero-order chi connectivity index (χ0) is 17.5. The molecular weight excluding hydrogens is 294 g/mol. The third-order valence-corrected chi connectivity index (χ3v) is 1.96. The van der Waals surface area contributed by atoms with E-state index < -0.39 is 23.9 Å². The maximum absolute atomic E-state index is 10.4. The zero-order valence-corrected chi connectivity index (χ0v) is 11.9. The second kappa shape index (κ2) is 13.5. The molecule has 9 heteroatoms. The largest absolute Gasteiger partial charge is 0.480 e. The highest BCUT2D eigenvalue weighted by molar-refractivity contribution is 5.73. The highest BCUT2D eigenvalue weighted by Gasteiger charge is 2.10. The summed E-state index contributed by atoms with van der Waals surface area (Å²) in [5.74, 6) is -2.89. The average molecular weight is 315 g/mol. The van der Waals surface area contributed by atoms with Gasteiger partial charge in [0, 0.05) is 0 Å². The molecule has 1 atom stereocenters. The van der Waals surface area contributed by atoms with Gasteiger partial charge in [-0.2, -0.15) is 0 Å². The van der Waals surface area contributed by atoms with Crippen molar-refractivity contribution in [2.45, 2.75) is 12.5 Å². The molecule has 22 heavy (non-hydrogen) atoms. The highest BCUT2D eigenvalue weighted by atomic mass is 16.4. The van der Waals surface area contributed by atoms with E-state index in [0.29, 0.717) is 6.42 Å². The summed E-state index contributed by atoms with van der Waals surface area (Å²) in [5, 5.41) is 23.7. The lowest BCUT2D eigenvalue weighted by Crippen LogP contribution is -2.32. The summed E-state index contributed by atoms with van der Waals surface area (Å²) >= 11 is 0. The van der Waals surface area contributed by atoms with Crippen LogP contribution in [0.3, 0.4) is 0 Å². The minimum Gasteiger partial charge on any atom is -0.480 e. The topological polar surface area (TPSA) is 190 Å². The summed E-state index contributed by atoms with van der Waals surface area (Å²) in [6, 6.07) is 8.54. The van der Waals surface area contributed by atoms with Crippen molar-refractivity contribution >= 4 is 17.9 Å². The van der Waals surface area contributed by atoms with Gasteiger partial charge in [0.2, 0.25) is 0 Å².